The van der Waals surface area contributed by atoms with Gasteiger partial charge in [-0.15, -0.1) is 0 Å². The number of carbonyl (C=O) groups is 1. The number of nitriles is 1. The van der Waals surface area contributed by atoms with Gasteiger partial charge in [0.05, 0.1) is 28.7 Å². The first-order valence-electron chi connectivity index (χ1n) is 8.69. The molecule has 144 valence electrons. The molecular weight excluding hydrogens is 388 g/mol. The molecule has 1 fully saturated rings. The van der Waals surface area contributed by atoms with Crippen molar-refractivity contribution in [3.05, 3.63) is 59.2 Å². The van der Waals surface area contributed by atoms with Crippen molar-refractivity contribution in [2.24, 2.45) is 5.92 Å². The molecule has 0 spiro atoms. The van der Waals surface area contributed by atoms with Gasteiger partial charge in [0.25, 0.3) is 0 Å². The molecule has 1 heterocycles. The highest BCUT2D eigenvalue weighted by Crippen LogP contribution is 2.55. The predicted molar refractivity (Wildman–Crippen MR) is 94.2 cm³/mol. The molecule has 0 N–H and O–H groups in total. The SMILES string of the molecule is N#Cc1ccc(S(=O)(=O)C23CCC(=O)CC2COc2c(F)ccc(F)c23)cc1. The number of hydrogen-bond donors (Lipinski definition) is 0. The highest BCUT2D eigenvalue weighted by atomic mass is 32.2. The van der Waals surface area contributed by atoms with Crippen molar-refractivity contribution >= 4 is 15.6 Å². The Kier molecular flexibility index (Phi) is 4.23. The second kappa shape index (κ2) is 6.38. The smallest absolute Gasteiger partial charge is 0.188 e. The van der Waals surface area contributed by atoms with Crippen LogP contribution >= 0.6 is 0 Å². The number of nitrogens with zero attached hydrogens (tertiary/aromatic N) is 1. The van der Waals surface area contributed by atoms with Crippen molar-refractivity contribution in [3.8, 4) is 11.8 Å². The van der Waals surface area contributed by atoms with E-state index in [1.165, 1.54) is 24.3 Å². The minimum Gasteiger partial charge on any atom is -0.490 e. The molecule has 2 aliphatic rings. The van der Waals surface area contributed by atoms with E-state index in [9.17, 15) is 22.0 Å². The van der Waals surface area contributed by atoms with E-state index >= 15 is 0 Å². The van der Waals surface area contributed by atoms with Gasteiger partial charge in [-0.25, -0.2) is 17.2 Å². The molecule has 1 saturated carbocycles. The summed E-state index contributed by atoms with van der Waals surface area (Å²) in [5.74, 6) is -3.12. The summed E-state index contributed by atoms with van der Waals surface area (Å²) in [5, 5.41) is 8.95. The molecule has 0 amide bonds. The van der Waals surface area contributed by atoms with E-state index in [1.807, 2.05) is 6.07 Å². The van der Waals surface area contributed by atoms with Crippen molar-refractivity contribution in [3.63, 3.8) is 0 Å². The zero-order chi connectivity index (χ0) is 20.1. The van der Waals surface area contributed by atoms with E-state index < -0.39 is 37.9 Å². The number of carbonyl (C=O) groups excluding carboxylic acids is 1. The average Bonchev–Trinajstić information content (AvgIpc) is 2.70. The van der Waals surface area contributed by atoms with Crippen molar-refractivity contribution in [2.45, 2.75) is 28.9 Å². The Bertz CT molecular complexity index is 1120. The van der Waals surface area contributed by atoms with Crippen LogP contribution in [0.4, 0.5) is 8.78 Å². The summed E-state index contributed by atoms with van der Waals surface area (Å²) in [4.78, 5) is 11.9. The third-order valence-corrected chi connectivity index (χ3v) is 8.19. The Hall–Kier alpha value is -2.79. The van der Waals surface area contributed by atoms with Gasteiger partial charge in [0.2, 0.25) is 0 Å². The van der Waals surface area contributed by atoms with E-state index in [0.717, 1.165) is 12.1 Å². The summed E-state index contributed by atoms with van der Waals surface area (Å²) < 4.78 is 60.3. The highest BCUT2D eigenvalue weighted by molar-refractivity contribution is 7.92. The first-order chi connectivity index (χ1) is 13.3. The third-order valence-electron chi connectivity index (χ3n) is 5.59. The van der Waals surface area contributed by atoms with Crippen molar-refractivity contribution in [1.82, 2.24) is 0 Å². The van der Waals surface area contributed by atoms with Gasteiger partial charge in [0.15, 0.2) is 21.4 Å². The fourth-order valence-corrected chi connectivity index (χ4v) is 6.59. The van der Waals surface area contributed by atoms with Gasteiger partial charge in [-0.05, 0) is 42.8 Å². The molecule has 1 aliphatic carbocycles. The number of halogens is 2. The number of fused-ring (bicyclic) bond motifs is 3. The molecule has 2 unspecified atom stereocenters. The molecule has 28 heavy (non-hydrogen) atoms. The lowest BCUT2D eigenvalue weighted by molar-refractivity contribution is -0.123. The normalized spacial score (nSPS) is 23.9. The number of rotatable bonds is 2. The molecule has 0 radical (unpaired) electrons. The molecule has 0 bridgehead atoms. The largest absolute Gasteiger partial charge is 0.490 e. The second-order valence-corrected chi connectivity index (χ2v) is 9.22. The fraction of sp³-hybridized carbons (Fsp3) is 0.300. The lowest BCUT2D eigenvalue weighted by Crippen LogP contribution is -2.52. The lowest BCUT2D eigenvalue weighted by atomic mass is 9.72. The maximum Gasteiger partial charge on any atom is 0.188 e. The maximum atomic E-state index is 14.9. The number of ketones is 1. The van der Waals surface area contributed by atoms with Crippen LogP contribution in [0.3, 0.4) is 0 Å². The number of sulfone groups is 1. The Labute approximate surface area is 160 Å². The minimum atomic E-state index is -4.23. The molecule has 4 rings (SSSR count). The summed E-state index contributed by atoms with van der Waals surface area (Å²) >= 11 is 0. The van der Waals surface area contributed by atoms with Crippen LogP contribution in [0.2, 0.25) is 0 Å². The van der Waals surface area contributed by atoms with Crippen LogP contribution in [0.5, 0.6) is 5.75 Å². The Balaban J connectivity index is 2.01. The van der Waals surface area contributed by atoms with Crippen molar-refractivity contribution in [2.75, 3.05) is 6.61 Å². The summed E-state index contributed by atoms with van der Waals surface area (Å²) in [6.07, 6.45) is -0.304. The number of benzene rings is 2. The predicted octanol–water partition coefficient (Wildman–Crippen LogP) is 3.27. The fourth-order valence-electron chi connectivity index (χ4n) is 4.25. The van der Waals surface area contributed by atoms with Crippen molar-refractivity contribution in [1.29, 1.82) is 5.26 Å². The van der Waals surface area contributed by atoms with Crippen LogP contribution in [-0.2, 0) is 19.4 Å². The monoisotopic (exact) mass is 403 g/mol. The van der Waals surface area contributed by atoms with Gasteiger partial charge in [-0.1, -0.05) is 0 Å². The first-order valence-corrected chi connectivity index (χ1v) is 10.2. The van der Waals surface area contributed by atoms with Gasteiger partial charge in [-0.3, -0.25) is 4.79 Å². The van der Waals surface area contributed by atoms with E-state index in [4.69, 9.17) is 10.00 Å². The van der Waals surface area contributed by atoms with Crippen LogP contribution in [0.1, 0.15) is 30.4 Å². The molecule has 1 aliphatic heterocycles. The van der Waals surface area contributed by atoms with Crippen LogP contribution in [0.15, 0.2) is 41.3 Å². The van der Waals surface area contributed by atoms with Gasteiger partial charge >= 0.3 is 0 Å². The zero-order valence-electron chi connectivity index (χ0n) is 14.6. The van der Waals surface area contributed by atoms with E-state index in [2.05, 4.69) is 0 Å². The maximum absolute atomic E-state index is 14.9. The summed E-state index contributed by atoms with van der Waals surface area (Å²) in [6, 6.07) is 8.96. The topological polar surface area (TPSA) is 84.2 Å². The molecule has 8 heteroatoms. The summed E-state index contributed by atoms with van der Waals surface area (Å²) in [5.41, 5.74) is -0.0722. The minimum absolute atomic E-state index is 0.0542. The Morgan fingerprint density at radius 3 is 2.46 bits per heavy atom. The summed E-state index contributed by atoms with van der Waals surface area (Å²) in [6.45, 7) is -0.200. The summed E-state index contributed by atoms with van der Waals surface area (Å²) in [7, 11) is -4.23. The van der Waals surface area contributed by atoms with Gasteiger partial charge in [0, 0.05) is 18.8 Å². The van der Waals surface area contributed by atoms with Gasteiger partial charge in [-0.2, -0.15) is 5.26 Å². The standard InChI is InChI=1S/C20H15F2NO4S/c21-16-5-6-17(22)19-18(16)20(8-7-14(24)9-13(20)11-27-19)28(25,26)15-3-1-12(10-23)2-4-15/h1-6,13H,7-9,11H2. The molecule has 2 atom stereocenters. The highest BCUT2D eigenvalue weighted by Gasteiger charge is 2.59. The van der Waals surface area contributed by atoms with Gasteiger partial charge < -0.3 is 4.74 Å². The van der Waals surface area contributed by atoms with E-state index in [1.54, 1.807) is 0 Å². The third kappa shape index (κ3) is 2.46. The van der Waals surface area contributed by atoms with Crippen LogP contribution in [-0.4, -0.2) is 20.8 Å². The van der Waals surface area contributed by atoms with Crippen LogP contribution in [0, 0.1) is 28.9 Å². The number of ether oxygens (including phenoxy) is 1. The molecular formula is C20H15F2NO4S. The lowest BCUT2D eigenvalue weighted by Gasteiger charge is -2.46. The Morgan fingerprint density at radius 2 is 1.79 bits per heavy atom. The van der Waals surface area contributed by atoms with E-state index in [0.29, 0.717) is 0 Å². The molecule has 0 saturated heterocycles. The molecule has 0 aromatic heterocycles. The first kappa shape index (κ1) is 18.6. The average molecular weight is 403 g/mol. The van der Waals surface area contributed by atoms with Crippen molar-refractivity contribution < 1.29 is 26.7 Å². The van der Waals surface area contributed by atoms with Crippen LogP contribution < -0.4 is 4.74 Å². The Morgan fingerprint density at radius 1 is 1.11 bits per heavy atom. The molecule has 2 aromatic carbocycles. The number of hydrogen-bond acceptors (Lipinski definition) is 5. The quantitative estimate of drug-likeness (QED) is 0.768. The number of Topliss-reactive ketones (excluding diaryl/α,β-unsaturated/α-hetero) is 1. The molecule has 5 nitrogen and oxygen atoms in total. The molecule has 2 aromatic rings. The zero-order valence-corrected chi connectivity index (χ0v) is 15.4. The van der Waals surface area contributed by atoms with Crippen LogP contribution in [0.25, 0.3) is 0 Å². The van der Waals surface area contributed by atoms with E-state index in [-0.39, 0.29) is 47.7 Å². The van der Waals surface area contributed by atoms with Gasteiger partial charge in [0.1, 0.15) is 16.3 Å². The second-order valence-electron chi connectivity index (χ2n) is 7.01.